The Hall–Kier alpha value is -1.50. The Labute approximate surface area is 135 Å². The zero-order valence-electron chi connectivity index (χ0n) is 11.5. The Morgan fingerprint density at radius 2 is 2.00 bits per heavy atom. The van der Waals surface area contributed by atoms with E-state index >= 15 is 0 Å². The Morgan fingerprint density at radius 1 is 1.24 bits per heavy atom. The Kier molecular flexibility index (Phi) is 4.19. The molecular formula is C15H14BrN3OS. The topological polar surface area (TPSA) is 49.2 Å². The van der Waals surface area contributed by atoms with Crippen LogP contribution in [0, 0.1) is 0 Å². The molecule has 0 amide bonds. The monoisotopic (exact) mass is 363 g/mol. The maximum Gasteiger partial charge on any atom is 0.149 e. The molecule has 3 aromatic rings. The molecule has 0 fully saturated rings. The highest BCUT2D eigenvalue weighted by atomic mass is 79.9. The van der Waals surface area contributed by atoms with Crippen molar-refractivity contribution in [3.8, 4) is 10.4 Å². The van der Waals surface area contributed by atoms with Crippen LogP contribution >= 0.6 is 27.3 Å². The van der Waals surface area contributed by atoms with Crippen molar-refractivity contribution in [2.75, 3.05) is 25.1 Å². The van der Waals surface area contributed by atoms with Crippen LogP contribution in [0.25, 0.3) is 20.7 Å². The number of aromatic nitrogens is 2. The van der Waals surface area contributed by atoms with Crippen LogP contribution in [-0.4, -0.2) is 35.3 Å². The van der Waals surface area contributed by atoms with Crippen LogP contribution < -0.4 is 4.90 Å². The first-order valence-electron chi connectivity index (χ1n) is 6.51. The van der Waals surface area contributed by atoms with Gasteiger partial charge in [0.05, 0.1) is 16.8 Å². The number of likely N-dealkylation sites (N-methyl/N-ethyl adjacent to an activating group) is 1. The van der Waals surface area contributed by atoms with Crippen molar-refractivity contribution < 1.29 is 5.11 Å². The van der Waals surface area contributed by atoms with Crippen LogP contribution in [0.15, 0.2) is 41.1 Å². The Balaban J connectivity index is 2.07. The van der Waals surface area contributed by atoms with Crippen LogP contribution in [0.4, 0.5) is 5.82 Å². The summed E-state index contributed by atoms with van der Waals surface area (Å²) >= 11 is 5.12. The molecule has 3 rings (SSSR count). The van der Waals surface area contributed by atoms with Crippen molar-refractivity contribution in [1.29, 1.82) is 0 Å². The molecule has 6 heteroatoms. The molecule has 0 saturated heterocycles. The van der Waals surface area contributed by atoms with Gasteiger partial charge in [0.2, 0.25) is 0 Å². The van der Waals surface area contributed by atoms with E-state index in [-0.39, 0.29) is 6.61 Å². The van der Waals surface area contributed by atoms with Gasteiger partial charge < -0.3 is 10.0 Å². The summed E-state index contributed by atoms with van der Waals surface area (Å²) in [6.45, 7) is 0.657. The van der Waals surface area contributed by atoms with E-state index in [2.05, 4.69) is 44.1 Å². The SMILES string of the molecule is CN(CCO)c1ncnc2cc(-c3ccc(Br)cc3)sc12. The number of fused-ring (bicyclic) bond motifs is 1. The second-order valence-corrected chi connectivity index (χ2v) is 6.64. The van der Waals surface area contributed by atoms with Crippen molar-refractivity contribution in [3.05, 3.63) is 41.1 Å². The van der Waals surface area contributed by atoms with Gasteiger partial charge in [-0.25, -0.2) is 9.97 Å². The molecule has 0 aliphatic carbocycles. The fourth-order valence-electron chi connectivity index (χ4n) is 2.13. The summed E-state index contributed by atoms with van der Waals surface area (Å²) in [6.07, 6.45) is 1.57. The highest BCUT2D eigenvalue weighted by molar-refractivity contribution is 9.10. The first kappa shape index (κ1) is 14.4. The fourth-order valence-corrected chi connectivity index (χ4v) is 3.55. The highest BCUT2D eigenvalue weighted by Gasteiger charge is 2.13. The predicted molar refractivity (Wildman–Crippen MR) is 90.9 cm³/mol. The molecule has 0 aliphatic rings. The third kappa shape index (κ3) is 2.92. The second-order valence-electron chi connectivity index (χ2n) is 4.67. The summed E-state index contributed by atoms with van der Waals surface area (Å²) in [4.78, 5) is 11.8. The molecule has 0 unspecified atom stereocenters. The first-order chi connectivity index (χ1) is 10.2. The lowest BCUT2D eigenvalue weighted by Crippen LogP contribution is -2.22. The van der Waals surface area contributed by atoms with Gasteiger partial charge in [0, 0.05) is 22.9 Å². The molecule has 108 valence electrons. The molecule has 21 heavy (non-hydrogen) atoms. The molecule has 0 radical (unpaired) electrons. The van der Waals surface area contributed by atoms with Crippen LogP contribution in [0.3, 0.4) is 0 Å². The number of anilines is 1. The van der Waals surface area contributed by atoms with E-state index in [0.717, 1.165) is 30.9 Å². The van der Waals surface area contributed by atoms with Gasteiger partial charge in [0.25, 0.3) is 0 Å². The molecule has 0 bridgehead atoms. The number of hydrogen-bond donors (Lipinski definition) is 1. The summed E-state index contributed by atoms with van der Waals surface area (Å²) in [6, 6.07) is 10.3. The average Bonchev–Trinajstić information content (AvgIpc) is 2.92. The smallest absolute Gasteiger partial charge is 0.149 e. The first-order valence-corrected chi connectivity index (χ1v) is 8.12. The standard InChI is InChI=1S/C15H14BrN3OS/c1-19(6-7-20)15-14-12(17-9-18-15)8-13(21-14)10-2-4-11(16)5-3-10/h2-5,8-9,20H,6-7H2,1H3. The molecule has 4 nitrogen and oxygen atoms in total. The molecular weight excluding hydrogens is 350 g/mol. The number of hydrogen-bond acceptors (Lipinski definition) is 5. The number of thiophene rings is 1. The fraction of sp³-hybridized carbons (Fsp3) is 0.200. The van der Waals surface area contributed by atoms with E-state index in [1.807, 2.05) is 24.1 Å². The maximum absolute atomic E-state index is 9.09. The van der Waals surface area contributed by atoms with Gasteiger partial charge in [-0.1, -0.05) is 28.1 Å². The Morgan fingerprint density at radius 3 is 2.71 bits per heavy atom. The molecule has 1 aromatic carbocycles. The maximum atomic E-state index is 9.09. The summed E-state index contributed by atoms with van der Waals surface area (Å²) < 4.78 is 2.11. The van der Waals surface area contributed by atoms with Gasteiger partial charge >= 0.3 is 0 Å². The molecule has 0 atom stereocenters. The zero-order valence-corrected chi connectivity index (χ0v) is 13.9. The van der Waals surface area contributed by atoms with Gasteiger partial charge in [0.1, 0.15) is 12.1 Å². The largest absolute Gasteiger partial charge is 0.395 e. The number of halogens is 1. The van der Waals surface area contributed by atoms with Crippen molar-refractivity contribution in [1.82, 2.24) is 9.97 Å². The average molecular weight is 364 g/mol. The van der Waals surface area contributed by atoms with Crippen LogP contribution in [-0.2, 0) is 0 Å². The lowest BCUT2D eigenvalue weighted by molar-refractivity contribution is 0.304. The summed E-state index contributed by atoms with van der Waals surface area (Å²) in [5.41, 5.74) is 2.10. The van der Waals surface area contributed by atoms with Gasteiger partial charge in [-0.15, -0.1) is 11.3 Å². The minimum atomic E-state index is 0.104. The number of nitrogens with zero attached hydrogens (tertiary/aromatic N) is 3. The molecule has 0 spiro atoms. The van der Waals surface area contributed by atoms with E-state index in [0.29, 0.717) is 6.54 Å². The predicted octanol–water partition coefficient (Wildman–Crippen LogP) is 3.55. The van der Waals surface area contributed by atoms with Crippen molar-refractivity contribution in [2.45, 2.75) is 0 Å². The van der Waals surface area contributed by atoms with E-state index in [9.17, 15) is 0 Å². The van der Waals surface area contributed by atoms with Crippen molar-refractivity contribution in [2.24, 2.45) is 0 Å². The summed E-state index contributed by atoms with van der Waals surface area (Å²) in [7, 11) is 1.93. The van der Waals surface area contributed by atoms with Crippen molar-refractivity contribution >= 4 is 43.3 Å². The van der Waals surface area contributed by atoms with Crippen molar-refractivity contribution in [3.63, 3.8) is 0 Å². The number of aliphatic hydroxyl groups excluding tert-OH is 1. The van der Waals surface area contributed by atoms with E-state index in [1.165, 1.54) is 0 Å². The van der Waals surface area contributed by atoms with Gasteiger partial charge in [-0.3, -0.25) is 0 Å². The Bertz CT molecular complexity index is 757. The molecule has 0 saturated carbocycles. The van der Waals surface area contributed by atoms with Crippen LogP contribution in [0.5, 0.6) is 0 Å². The lowest BCUT2D eigenvalue weighted by Gasteiger charge is -2.16. The number of benzene rings is 1. The highest BCUT2D eigenvalue weighted by Crippen LogP contribution is 2.36. The van der Waals surface area contributed by atoms with Gasteiger partial charge in [-0.2, -0.15) is 0 Å². The molecule has 0 aliphatic heterocycles. The quantitative estimate of drug-likeness (QED) is 0.769. The normalized spacial score (nSPS) is 11.0. The third-order valence-electron chi connectivity index (χ3n) is 3.22. The number of rotatable bonds is 4. The zero-order chi connectivity index (χ0) is 14.8. The van der Waals surface area contributed by atoms with E-state index in [4.69, 9.17) is 5.11 Å². The molecule has 2 heterocycles. The van der Waals surface area contributed by atoms with Crippen LogP contribution in [0.2, 0.25) is 0 Å². The minimum absolute atomic E-state index is 0.104. The lowest BCUT2D eigenvalue weighted by atomic mass is 10.2. The second kappa shape index (κ2) is 6.09. The molecule has 2 aromatic heterocycles. The van der Waals surface area contributed by atoms with E-state index < -0.39 is 0 Å². The summed E-state index contributed by atoms with van der Waals surface area (Å²) in [5.74, 6) is 0.863. The minimum Gasteiger partial charge on any atom is -0.395 e. The third-order valence-corrected chi connectivity index (χ3v) is 4.92. The van der Waals surface area contributed by atoms with Gasteiger partial charge in [0.15, 0.2) is 0 Å². The van der Waals surface area contributed by atoms with Gasteiger partial charge in [-0.05, 0) is 23.8 Å². The molecule has 1 N–H and O–H groups in total. The number of aliphatic hydroxyl groups is 1. The van der Waals surface area contributed by atoms with E-state index in [1.54, 1.807) is 17.7 Å². The summed E-state index contributed by atoms with van der Waals surface area (Å²) in [5, 5.41) is 9.09. The van der Waals surface area contributed by atoms with Crippen LogP contribution in [0.1, 0.15) is 0 Å².